The van der Waals surface area contributed by atoms with Crippen LogP contribution in [-0.2, 0) is 0 Å². The largest absolute Gasteiger partial charge is 0.495 e. The molecule has 0 radical (unpaired) electrons. The number of ether oxygens (including phenoxy) is 1. The van der Waals surface area contributed by atoms with E-state index in [1.807, 2.05) is 6.07 Å². The fourth-order valence-electron chi connectivity index (χ4n) is 1.29. The van der Waals surface area contributed by atoms with E-state index in [-0.39, 0.29) is 5.33 Å². The summed E-state index contributed by atoms with van der Waals surface area (Å²) >= 11 is 3.08. The van der Waals surface area contributed by atoms with Crippen LogP contribution in [0.25, 0.3) is 0 Å². The van der Waals surface area contributed by atoms with Crippen molar-refractivity contribution in [1.82, 2.24) is 0 Å². The highest BCUT2D eigenvalue weighted by Crippen LogP contribution is 2.25. The lowest BCUT2D eigenvalue weighted by Gasteiger charge is -2.16. The van der Waals surface area contributed by atoms with Crippen LogP contribution in [0.1, 0.15) is 17.2 Å². The molecule has 4 nitrogen and oxygen atoms in total. The van der Waals surface area contributed by atoms with Gasteiger partial charge in [0.1, 0.15) is 17.9 Å². The van der Waals surface area contributed by atoms with Crippen LogP contribution in [0.5, 0.6) is 5.75 Å². The minimum atomic E-state index is -0.999. The maximum absolute atomic E-state index is 9.75. The molecule has 0 saturated heterocycles. The number of hydrogen-bond acceptors (Lipinski definition) is 4. The van der Waals surface area contributed by atoms with Crippen molar-refractivity contribution in [3.05, 3.63) is 29.3 Å². The molecular formula is C11H12BrNO3. The maximum Gasteiger partial charge on any atom is 0.136 e. The molecule has 1 aromatic rings. The van der Waals surface area contributed by atoms with E-state index in [1.165, 1.54) is 7.11 Å². The average Bonchev–Trinajstić information content (AvgIpc) is 2.35. The lowest BCUT2D eigenvalue weighted by Crippen LogP contribution is -2.19. The molecule has 16 heavy (non-hydrogen) atoms. The first-order chi connectivity index (χ1) is 7.63. The number of halogens is 1. The van der Waals surface area contributed by atoms with E-state index in [2.05, 4.69) is 15.9 Å². The molecule has 86 valence electrons. The maximum atomic E-state index is 9.75. The van der Waals surface area contributed by atoms with Crippen LogP contribution >= 0.6 is 15.9 Å². The smallest absolute Gasteiger partial charge is 0.136 e. The first-order valence-electron chi connectivity index (χ1n) is 4.64. The van der Waals surface area contributed by atoms with Crippen molar-refractivity contribution in [2.24, 2.45) is 0 Å². The fourth-order valence-corrected chi connectivity index (χ4v) is 1.64. The summed E-state index contributed by atoms with van der Waals surface area (Å²) in [4.78, 5) is 0. The van der Waals surface area contributed by atoms with E-state index in [9.17, 15) is 10.2 Å². The van der Waals surface area contributed by atoms with Gasteiger partial charge in [-0.2, -0.15) is 5.26 Å². The summed E-state index contributed by atoms with van der Waals surface area (Å²) in [7, 11) is 1.45. The molecule has 0 bridgehead atoms. The molecule has 0 saturated carbocycles. The molecule has 0 aliphatic carbocycles. The van der Waals surface area contributed by atoms with Gasteiger partial charge in [-0.15, -0.1) is 0 Å². The van der Waals surface area contributed by atoms with Gasteiger partial charge in [-0.05, 0) is 17.7 Å². The van der Waals surface area contributed by atoms with E-state index in [0.717, 1.165) is 0 Å². The Bertz CT molecular complexity index is 403. The Kier molecular flexibility index (Phi) is 4.74. The fraction of sp³-hybridized carbons (Fsp3) is 0.364. The number of benzene rings is 1. The van der Waals surface area contributed by atoms with Gasteiger partial charge in [0.15, 0.2) is 0 Å². The Hall–Kier alpha value is -1.09. The first-order valence-corrected chi connectivity index (χ1v) is 5.76. The normalized spacial score (nSPS) is 13.9. The van der Waals surface area contributed by atoms with Crippen molar-refractivity contribution in [1.29, 1.82) is 5.26 Å². The Morgan fingerprint density at radius 3 is 2.69 bits per heavy atom. The summed E-state index contributed by atoms with van der Waals surface area (Å²) in [6.07, 6.45) is -1.89. The van der Waals surface area contributed by atoms with E-state index >= 15 is 0 Å². The highest BCUT2D eigenvalue weighted by atomic mass is 79.9. The molecular weight excluding hydrogens is 274 g/mol. The predicted octanol–water partition coefficient (Wildman–Crippen LogP) is 1.36. The number of aliphatic hydroxyl groups excluding tert-OH is 2. The molecule has 2 N–H and O–H groups in total. The van der Waals surface area contributed by atoms with Gasteiger partial charge >= 0.3 is 0 Å². The molecule has 0 aliphatic heterocycles. The van der Waals surface area contributed by atoms with Crippen LogP contribution in [-0.4, -0.2) is 28.8 Å². The SMILES string of the molecule is COc1cc(C(O)C(O)CBr)ccc1C#N. The molecule has 2 atom stereocenters. The standard InChI is InChI=1S/C11H12BrNO3/c1-16-10-4-7(2-3-8(10)6-13)11(15)9(14)5-12/h2-4,9,11,14-15H,5H2,1H3. The van der Waals surface area contributed by atoms with Crippen molar-refractivity contribution in [3.63, 3.8) is 0 Å². The number of nitrogens with zero attached hydrogens (tertiary/aromatic N) is 1. The second-order valence-corrected chi connectivity index (χ2v) is 3.89. The lowest BCUT2D eigenvalue weighted by atomic mass is 10.0. The van der Waals surface area contributed by atoms with Gasteiger partial charge in [0.25, 0.3) is 0 Å². The van der Waals surface area contributed by atoms with Crippen molar-refractivity contribution < 1.29 is 14.9 Å². The Labute approximate surface area is 102 Å². The van der Waals surface area contributed by atoms with Gasteiger partial charge in [0, 0.05) is 5.33 Å². The van der Waals surface area contributed by atoms with Crippen LogP contribution in [0.3, 0.4) is 0 Å². The topological polar surface area (TPSA) is 73.5 Å². The van der Waals surface area contributed by atoms with Crippen LogP contribution in [0.4, 0.5) is 0 Å². The minimum absolute atomic E-state index is 0.274. The van der Waals surface area contributed by atoms with Gasteiger partial charge in [-0.25, -0.2) is 0 Å². The van der Waals surface area contributed by atoms with Crippen LogP contribution in [0, 0.1) is 11.3 Å². The highest BCUT2D eigenvalue weighted by Gasteiger charge is 2.18. The monoisotopic (exact) mass is 285 g/mol. The van der Waals surface area contributed by atoms with Crippen molar-refractivity contribution in [2.75, 3.05) is 12.4 Å². The summed E-state index contributed by atoms with van der Waals surface area (Å²) in [6.45, 7) is 0. The number of aliphatic hydroxyl groups is 2. The highest BCUT2D eigenvalue weighted by molar-refractivity contribution is 9.09. The third kappa shape index (κ3) is 2.73. The van der Waals surface area contributed by atoms with Crippen LogP contribution < -0.4 is 4.74 Å². The Morgan fingerprint density at radius 2 is 2.19 bits per heavy atom. The van der Waals surface area contributed by atoms with E-state index < -0.39 is 12.2 Å². The molecule has 5 heteroatoms. The molecule has 2 unspecified atom stereocenters. The number of hydrogen-bond donors (Lipinski definition) is 2. The summed E-state index contributed by atoms with van der Waals surface area (Å²) < 4.78 is 5.01. The van der Waals surface area contributed by atoms with Crippen LogP contribution in [0.15, 0.2) is 18.2 Å². The predicted molar refractivity (Wildman–Crippen MR) is 62.5 cm³/mol. The zero-order chi connectivity index (χ0) is 12.1. The van der Waals surface area contributed by atoms with Gasteiger partial charge in [0.05, 0.1) is 18.8 Å². The quantitative estimate of drug-likeness (QED) is 0.820. The summed E-state index contributed by atoms with van der Waals surface area (Å²) in [5.74, 6) is 0.390. The summed E-state index contributed by atoms with van der Waals surface area (Å²) in [5, 5.41) is 28.3. The van der Waals surface area contributed by atoms with Gasteiger partial charge < -0.3 is 14.9 Å². The van der Waals surface area contributed by atoms with Gasteiger partial charge in [-0.1, -0.05) is 22.0 Å². The number of alkyl halides is 1. The second-order valence-electron chi connectivity index (χ2n) is 3.24. The third-order valence-electron chi connectivity index (χ3n) is 2.21. The van der Waals surface area contributed by atoms with Gasteiger partial charge in [0.2, 0.25) is 0 Å². The third-order valence-corrected chi connectivity index (χ3v) is 2.87. The van der Waals surface area contributed by atoms with E-state index in [1.54, 1.807) is 18.2 Å². The number of nitriles is 1. The molecule has 1 aromatic carbocycles. The number of rotatable bonds is 4. The molecule has 0 spiro atoms. The molecule has 0 fully saturated rings. The average molecular weight is 286 g/mol. The molecule has 0 heterocycles. The van der Waals surface area contributed by atoms with Crippen LogP contribution in [0.2, 0.25) is 0 Å². The molecule has 1 rings (SSSR count). The molecule has 0 amide bonds. The Balaban J connectivity index is 3.04. The number of methoxy groups -OCH3 is 1. The first kappa shape index (κ1) is 13.0. The molecule has 0 aliphatic rings. The zero-order valence-electron chi connectivity index (χ0n) is 8.72. The zero-order valence-corrected chi connectivity index (χ0v) is 10.3. The summed E-state index contributed by atoms with van der Waals surface area (Å²) in [5.41, 5.74) is 0.912. The Morgan fingerprint density at radius 1 is 1.50 bits per heavy atom. The summed E-state index contributed by atoms with van der Waals surface area (Å²) in [6, 6.07) is 6.68. The van der Waals surface area contributed by atoms with E-state index in [0.29, 0.717) is 16.9 Å². The lowest BCUT2D eigenvalue weighted by molar-refractivity contribution is 0.0341. The molecule has 0 aromatic heterocycles. The second kappa shape index (κ2) is 5.85. The van der Waals surface area contributed by atoms with E-state index in [4.69, 9.17) is 10.00 Å². The minimum Gasteiger partial charge on any atom is -0.495 e. The van der Waals surface area contributed by atoms with Crippen molar-refractivity contribution >= 4 is 15.9 Å². The van der Waals surface area contributed by atoms with Crippen molar-refractivity contribution in [3.8, 4) is 11.8 Å². The van der Waals surface area contributed by atoms with Gasteiger partial charge in [-0.3, -0.25) is 0 Å². The van der Waals surface area contributed by atoms with Crippen molar-refractivity contribution in [2.45, 2.75) is 12.2 Å².